The Kier molecular flexibility index (Phi) is 4.11. The molecule has 0 aliphatic heterocycles. The molecule has 0 amide bonds. The van der Waals surface area contributed by atoms with E-state index in [1.54, 1.807) is 30.3 Å². The van der Waals surface area contributed by atoms with Crippen LogP contribution < -0.4 is 10.6 Å². The van der Waals surface area contributed by atoms with Crippen LogP contribution in [0.3, 0.4) is 0 Å². The average molecular weight is 316 g/mol. The van der Waals surface area contributed by atoms with Gasteiger partial charge in [0.25, 0.3) is 0 Å². The summed E-state index contributed by atoms with van der Waals surface area (Å²) in [6, 6.07) is 13.5. The normalized spacial score (nSPS) is 10.3. The number of nitrogens with zero attached hydrogens (tertiary/aromatic N) is 3. The summed E-state index contributed by atoms with van der Waals surface area (Å²) >= 11 is 6.06. The number of para-hydroxylation sites is 2. The number of rotatable bonds is 4. The predicted octanol–water partition coefficient (Wildman–Crippen LogP) is 4.15. The van der Waals surface area contributed by atoms with E-state index in [1.807, 2.05) is 12.1 Å². The minimum absolute atomic E-state index is 0.259. The van der Waals surface area contributed by atoms with Gasteiger partial charge in [0, 0.05) is 0 Å². The molecule has 0 fully saturated rings. The van der Waals surface area contributed by atoms with Crippen molar-refractivity contribution in [3.63, 3.8) is 0 Å². The molecule has 3 aromatic rings. The highest BCUT2D eigenvalue weighted by Crippen LogP contribution is 2.24. The Labute approximate surface area is 131 Å². The van der Waals surface area contributed by atoms with Crippen molar-refractivity contribution >= 4 is 34.7 Å². The quantitative estimate of drug-likeness (QED) is 0.757. The Morgan fingerprint density at radius 3 is 2.41 bits per heavy atom. The number of anilines is 4. The molecule has 0 saturated heterocycles. The third-order valence-electron chi connectivity index (χ3n) is 2.82. The van der Waals surface area contributed by atoms with Gasteiger partial charge >= 0.3 is 0 Å². The molecule has 0 radical (unpaired) electrons. The highest BCUT2D eigenvalue weighted by Gasteiger charge is 2.06. The van der Waals surface area contributed by atoms with Crippen molar-refractivity contribution in [3.8, 4) is 0 Å². The van der Waals surface area contributed by atoms with Gasteiger partial charge in [0.05, 0.1) is 22.6 Å². The molecule has 3 rings (SSSR count). The molecule has 1 aromatic heterocycles. The van der Waals surface area contributed by atoms with Crippen LogP contribution >= 0.6 is 11.6 Å². The number of hydrogen-bond donors (Lipinski definition) is 2. The van der Waals surface area contributed by atoms with Gasteiger partial charge in [0.15, 0.2) is 5.82 Å². The zero-order chi connectivity index (χ0) is 15.4. The summed E-state index contributed by atoms with van der Waals surface area (Å²) in [5.41, 5.74) is 0.973. The van der Waals surface area contributed by atoms with Gasteiger partial charge in [-0.1, -0.05) is 35.9 Å². The van der Waals surface area contributed by atoms with Crippen molar-refractivity contribution in [1.82, 2.24) is 15.2 Å². The number of aromatic nitrogens is 3. The first kappa shape index (κ1) is 14.2. The second kappa shape index (κ2) is 6.36. The molecule has 2 N–H and O–H groups in total. The van der Waals surface area contributed by atoms with Crippen LogP contribution in [0.5, 0.6) is 0 Å². The van der Waals surface area contributed by atoms with Crippen LogP contribution in [0.4, 0.5) is 27.5 Å². The summed E-state index contributed by atoms with van der Waals surface area (Å²) in [7, 11) is 0. The lowest BCUT2D eigenvalue weighted by Gasteiger charge is -2.09. The Morgan fingerprint density at radius 1 is 0.909 bits per heavy atom. The van der Waals surface area contributed by atoms with Crippen molar-refractivity contribution < 1.29 is 4.39 Å². The average Bonchev–Trinajstić information content (AvgIpc) is 2.52. The lowest BCUT2D eigenvalue weighted by molar-refractivity contribution is 0.632. The van der Waals surface area contributed by atoms with Crippen LogP contribution in [0, 0.1) is 5.82 Å². The molecule has 1 heterocycles. The highest BCUT2D eigenvalue weighted by molar-refractivity contribution is 6.33. The zero-order valence-corrected chi connectivity index (χ0v) is 12.0. The van der Waals surface area contributed by atoms with Crippen molar-refractivity contribution in [2.24, 2.45) is 0 Å². The fourth-order valence-corrected chi connectivity index (χ4v) is 1.98. The molecule has 0 spiro atoms. The van der Waals surface area contributed by atoms with Crippen LogP contribution in [-0.2, 0) is 0 Å². The minimum atomic E-state index is -0.373. The van der Waals surface area contributed by atoms with E-state index in [-0.39, 0.29) is 11.8 Å². The van der Waals surface area contributed by atoms with E-state index >= 15 is 0 Å². The third kappa shape index (κ3) is 3.29. The van der Waals surface area contributed by atoms with E-state index < -0.39 is 0 Å². The van der Waals surface area contributed by atoms with E-state index in [9.17, 15) is 4.39 Å². The molecular weight excluding hydrogens is 305 g/mol. The molecule has 0 saturated carbocycles. The Bertz CT molecular complexity index is 733. The fraction of sp³-hybridized carbons (Fsp3) is 0. The van der Waals surface area contributed by atoms with E-state index in [2.05, 4.69) is 25.8 Å². The van der Waals surface area contributed by atoms with Gasteiger partial charge in [-0.15, -0.1) is 5.10 Å². The van der Waals surface area contributed by atoms with Gasteiger partial charge < -0.3 is 10.6 Å². The summed E-state index contributed by atoms with van der Waals surface area (Å²) in [5.74, 6) is 0.255. The van der Waals surface area contributed by atoms with Crippen LogP contribution in [0.1, 0.15) is 0 Å². The molecule has 0 aliphatic rings. The summed E-state index contributed by atoms with van der Waals surface area (Å²) in [4.78, 5) is 4.22. The second-order valence-electron chi connectivity index (χ2n) is 4.37. The Hall–Kier alpha value is -2.73. The Balaban J connectivity index is 1.81. The molecular formula is C15H11ClFN5. The third-order valence-corrected chi connectivity index (χ3v) is 3.15. The minimum Gasteiger partial charge on any atom is -0.336 e. The summed E-state index contributed by atoms with van der Waals surface area (Å²) in [6.07, 6.45) is 1.41. The van der Waals surface area contributed by atoms with Gasteiger partial charge in [-0.05, 0) is 24.3 Å². The molecule has 0 unspecified atom stereocenters. The second-order valence-corrected chi connectivity index (χ2v) is 4.78. The standard InChI is InChI=1S/C15H11ClFN5/c16-10-5-1-3-7-12(10)20-15-21-14(9-18-22-15)19-13-8-4-2-6-11(13)17/h1-9H,(H2,19,20,21,22). The van der Waals surface area contributed by atoms with Gasteiger partial charge in [0.2, 0.25) is 5.95 Å². The molecule has 0 atom stereocenters. The lowest BCUT2D eigenvalue weighted by atomic mass is 10.3. The first-order valence-corrected chi connectivity index (χ1v) is 6.83. The lowest BCUT2D eigenvalue weighted by Crippen LogP contribution is -2.03. The number of hydrogen-bond acceptors (Lipinski definition) is 5. The summed E-state index contributed by atoms with van der Waals surface area (Å²) in [5, 5.41) is 14.1. The molecule has 7 heteroatoms. The maximum Gasteiger partial charge on any atom is 0.249 e. The van der Waals surface area contributed by atoms with Crippen LogP contribution in [0.15, 0.2) is 54.7 Å². The molecule has 22 heavy (non-hydrogen) atoms. The molecule has 0 aliphatic carbocycles. The van der Waals surface area contributed by atoms with Gasteiger partial charge in [-0.25, -0.2) is 4.39 Å². The molecule has 0 bridgehead atoms. The first-order valence-electron chi connectivity index (χ1n) is 6.45. The fourth-order valence-electron chi connectivity index (χ4n) is 1.80. The highest BCUT2D eigenvalue weighted by atomic mass is 35.5. The largest absolute Gasteiger partial charge is 0.336 e. The molecule has 110 valence electrons. The van der Waals surface area contributed by atoms with Crippen LogP contribution in [0.25, 0.3) is 0 Å². The molecule has 5 nitrogen and oxygen atoms in total. The van der Waals surface area contributed by atoms with Crippen LogP contribution in [0.2, 0.25) is 5.02 Å². The van der Waals surface area contributed by atoms with Crippen LogP contribution in [-0.4, -0.2) is 15.2 Å². The smallest absolute Gasteiger partial charge is 0.249 e. The van der Waals surface area contributed by atoms with Crippen molar-refractivity contribution in [2.45, 2.75) is 0 Å². The van der Waals surface area contributed by atoms with E-state index in [1.165, 1.54) is 12.3 Å². The number of benzene rings is 2. The Morgan fingerprint density at radius 2 is 1.64 bits per heavy atom. The van der Waals surface area contributed by atoms with Gasteiger partial charge in [0.1, 0.15) is 5.82 Å². The van der Waals surface area contributed by atoms with Crippen molar-refractivity contribution in [1.29, 1.82) is 0 Å². The number of halogens is 2. The van der Waals surface area contributed by atoms with Crippen molar-refractivity contribution in [2.75, 3.05) is 10.6 Å². The van der Waals surface area contributed by atoms with Gasteiger partial charge in [-0.2, -0.15) is 10.1 Å². The first-order chi connectivity index (χ1) is 10.7. The molecule has 2 aromatic carbocycles. The predicted molar refractivity (Wildman–Crippen MR) is 84.2 cm³/mol. The summed E-state index contributed by atoms with van der Waals surface area (Å²) in [6.45, 7) is 0. The number of nitrogens with one attached hydrogen (secondary N) is 2. The maximum absolute atomic E-state index is 13.6. The van der Waals surface area contributed by atoms with Crippen molar-refractivity contribution in [3.05, 3.63) is 65.6 Å². The zero-order valence-electron chi connectivity index (χ0n) is 11.3. The SMILES string of the molecule is Fc1ccccc1Nc1cnnc(Nc2ccccc2Cl)n1. The topological polar surface area (TPSA) is 62.7 Å². The summed E-state index contributed by atoms with van der Waals surface area (Å²) < 4.78 is 13.6. The van der Waals surface area contributed by atoms with E-state index in [0.29, 0.717) is 22.2 Å². The maximum atomic E-state index is 13.6. The monoisotopic (exact) mass is 315 g/mol. The van der Waals surface area contributed by atoms with Gasteiger partial charge in [-0.3, -0.25) is 0 Å². The van der Waals surface area contributed by atoms with E-state index in [0.717, 1.165) is 0 Å². The van der Waals surface area contributed by atoms with E-state index in [4.69, 9.17) is 11.6 Å².